The maximum atomic E-state index is 13.1. The Morgan fingerprint density at radius 3 is 2.53 bits per heavy atom. The fraction of sp³-hybridized carbons (Fsp3) is 0.250. The first-order valence-electron chi connectivity index (χ1n) is 11.0. The van der Waals surface area contributed by atoms with Crippen molar-refractivity contribution in [1.82, 2.24) is 24.6 Å². The number of benzene rings is 2. The molecule has 1 N–H and O–H groups in total. The first-order valence-corrected chi connectivity index (χ1v) is 12.2. The van der Waals surface area contributed by atoms with Crippen molar-refractivity contribution in [1.29, 1.82) is 0 Å². The molecule has 2 aromatic heterocycles. The Morgan fingerprint density at radius 1 is 1.06 bits per heavy atom. The molecule has 0 radical (unpaired) electrons. The first-order chi connectivity index (χ1) is 16.5. The number of carbonyl (C=O) groups is 1. The minimum Gasteiger partial charge on any atom is -0.368 e. The van der Waals surface area contributed by atoms with Crippen LogP contribution < -0.4 is 10.5 Å². The molecule has 174 valence electrons. The summed E-state index contributed by atoms with van der Waals surface area (Å²) in [5, 5.41) is 5.24. The lowest BCUT2D eigenvalue weighted by Gasteiger charge is -2.37. The summed E-state index contributed by atoms with van der Waals surface area (Å²) in [5.41, 5.74) is 2.00. The van der Waals surface area contributed by atoms with E-state index in [0.717, 1.165) is 13.1 Å². The maximum Gasteiger partial charge on any atom is 0.262 e. The third-order valence-electron chi connectivity index (χ3n) is 5.82. The molecule has 0 unspecified atom stereocenters. The normalized spacial score (nSPS) is 15.0. The lowest BCUT2D eigenvalue weighted by molar-refractivity contribution is -0.130. The number of hydrogen-bond donors (Lipinski definition) is 1. The summed E-state index contributed by atoms with van der Waals surface area (Å²) in [6.45, 7) is 4.72. The Bertz CT molecular complexity index is 1380. The van der Waals surface area contributed by atoms with Crippen LogP contribution in [0.3, 0.4) is 0 Å². The largest absolute Gasteiger partial charge is 0.368 e. The van der Waals surface area contributed by atoms with Crippen LogP contribution in [0.25, 0.3) is 16.7 Å². The van der Waals surface area contributed by atoms with Crippen LogP contribution >= 0.6 is 23.4 Å². The highest BCUT2D eigenvalue weighted by molar-refractivity contribution is 8.00. The van der Waals surface area contributed by atoms with Gasteiger partial charge in [0.25, 0.3) is 5.56 Å². The lowest BCUT2D eigenvalue weighted by atomic mass is 10.2. The zero-order valence-electron chi connectivity index (χ0n) is 18.5. The zero-order chi connectivity index (χ0) is 23.7. The summed E-state index contributed by atoms with van der Waals surface area (Å²) in [4.78, 5) is 37.3. The predicted molar refractivity (Wildman–Crippen MR) is 135 cm³/mol. The van der Waals surface area contributed by atoms with Gasteiger partial charge >= 0.3 is 0 Å². The molecule has 0 bridgehead atoms. The van der Waals surface area contributed by atoms with Gasteiger partial charge in [0.1, 0.15) is 5.39 Å². The Balaban J connectivity index is 1.30. The van der Waals surface area contributed by atoms with E-state index in [4.69, 9.17) is 11.6 Å². The molecule has 10 heteroatoms. The van der Waals surface area contributed by atoms with Crippen LogP contribution in [-0.2, 0) is 4.79 Å². The SMILES string of the molecule is C[C@@H](Sc1nc2c(cnn2-c2cccc(Cl)c2)c(=O)[nH]1)C(=O)N1CCN(c2ccccc2)CC1. The minimum absolute atomic E-state index is 0.0313. The Labute approximate surface area is 205 Å². The summed E-state index contributed by atoms with van der Waals surface area (Å²) >= 11 is 7.36. The number of rotatable bonds is 5. The molecule has 8 nitrogen and oxygen atoms in total. The molecule has 1 saturated heterocycles. The van der Waals surface area contributed by atoms with E-state index >= 15 is 0 Å². The number of para-hydroxylation sites is 1. The van der Waals surface area contributed by atoms with Crippen molar-refractivity contribution in [2.24, 2.45) is 0 Å². The van der Waals surface area contributed by atoms with Crippen molar-refractivity contribution in [2.75, 3.05) is 31.1 Å². The molecule has 1 amide bonds. The third-order valence-corrected chi connectivity index (χ3v) is 7.02. The van der Waals surface area contributed by atoms with Gasteiger partial charge in [-0.05, 0) is 37.3 Å². The van der Waals surface area contributed by atoms with Gasteiger partial charge in [0.05, 0.1) is 17.1 Å². The van der Waals surface area contributed by atoms with Crippen molar-refractivity contribution < 1.29 is 4.79 Å². The second-order valence-corrected chi connectivity index (χ2v) is 9.82. The van der Waals surface area contributed by atoms with Crippen LogP contribution in [0.5, 0.6) is 0 Å². The number of halogens is 1. The van der Waals surface area contributed by atoms with E-state index in [1.807, 2.05) is 42.2 Å². The van der Waals surface area contributed by atoms with E-state index in [-0.39, 0.29) is 11.5 Å². The molecule has 34 heavy (non-hydrogen) atoms. The van der Waals surface area contributed by atoms with E-state index in [2.05, 4.69) is 32.1 Å². The average molecular weight is 495 g/mol. The Hall–Kier alpha value is -3.30. The molecule has 0 aliphatic carbocycles. The highest BCUT2D eigenvalue weighted by Gasteiger charge is 2.26. The molecule has 0 spiro atoms. The standard InChI is InChI=1S/C24H23ClN6O2S/c1-16(23(33)30-12-10-29(11-13-30)18-7-3-2-4-8-18)34-24-27-21-20(22(32)28-24)15-26-31(21)19-9-5-6-17(25)14-19/h2-9,14-16H,10-13H2,1H3,(H,27,28,32)/t16-/m1/s1. The van der Waals surface area contributed by atoms with Crippen LogP contribution in [-0.4, -0.2) is 62.0 Å². The van der Waals surface area contributed by atoms with Crippen molar-refractivity contribution in [3.8, 4) is 5.69 Å². The third kappa shape index (κ3) is 4.53. The van der Waals surface area contributed by atoms with Crippen molar-refractivity contribution >= 4 is 46.0 Å². The van der Waals surface area contributed by atoms with E-state index in [1.165, 1.54) is 23.6 Å². The molecule has 1 fully saturated rings. The number of thioether (sulfide) groups is 1. The summed E-state index contributed by atoms with van der Waals surface area (Å²) in [7, 11) is 0. The summed E-state index contributed by atoms with van der Waals surface area (Å²) < 4.78 is 1.58. The highest BCUT2D eigenvalue weighted by atomic mass is 35.5. The number of carbonyl (C=O) groups excluding carboxylic acids is 1. The number of nitrogens with one attached hydrogen (secondary N) is 1. The van der Waals surface area contributed by atoms with E-state index in [1.54, 1.807) is 16.8 Å². The molecule has 3 heterocycles. The number of aromatic nitrogens is 4. The number of anilines is 1. The van der Waals surface area contributed by atoms with Crippen molar-refractivity contribution in [3.05, 3.63) is 76.2 Å². The van der Waals surface area contributed by atoms with Gasteiger partial charge in [-0.25, -0.2) is 9.67 Å². The predicted octanol–water partition coefficient (Wildman–Crippen LogP) is 3.59. The number of H-pyrrole nitrogens is 1. The van der Waals surface area contributed by atoms with Crippen LogP contribution in [0.1, 0.15) is 6.92 Å². The van der Waals surface area contributed by atoms with Gasteiger partial charge < -0.3 is 14.8 Å². The molecular formula is C24H23ClN6O2S. The second kappa shape index (κ2) is 9.52. The van der Waals surface area contributed by atoms with Gasteiger partial charge in [0.15, 0.2) is 10.8 Å². The molecular weight excluding hydrogens is 472 g/mol. The topological polar surface area (TPSA) is 87.1 Å². The molecule has 1 aliphatic rings. The Kier molecular flexibility index (Phi) is 6.30. The number of fused-ring (bicyclic) bond motifs is 1. The van der Waals surface area contributed by atoms with E-state index in [0.29, 0.717) is 40.0 Å². The fourth-order valence-corrected chi connectivity index (χ4v) is 5.11. The lowest BCUT2D eigenvalue weighted by Crippen LogP contribution is -2.50. The average Bonchev–Trinajstić information content (AvgIpc) is 3.29. The molecule has 1 aliphatic heterocycles. The smallest absolute Gasteiger partial charge is 0.262 e. The van der Waals surface area contributed by atoms with Crippen LogP contribution in [0.15, 0.2) is 70.7 Å². The molecule has 4 aromatic rings. The van der Waals surface area contributed by atoms with Gasteiger partial charge in [-0.2, -0.15) is 5.10 Å². The fourth-order valence-electron chi connectivity index (χ4n) is 4.05. The number of aromatic amines is 1. The monoisotopic (exact) mass is 494 g/mol. The van der Waals surface area contributed by atoms with Gasteiger partial charge in [-0.1, -0.05) is 47.6 Å². The maximum absolute atomic E-state index is 13.1. The Morgan fingerprint density at radius 2 is 1.79 bits per heavy atom. The van der Waals surface area contributed by atoms with E-state index in [9.17, 15) is 9.59 Å². The summed E-state index contributed by atoms with van der Waals surface area (Å²) in [6, 6.07) is 17.4. The second-order valence-electron chi connectivity index (χ2n) is 8.05. The quantitative estimate of drug-likeness (QED) is 0.337. The molecule has 0 saturated carbocycles. The summed E-state index contributed by atoms with van der Waals surface area (Å²) in [5.74, 6) is 0.0313. The molecule has 2 aromatic carbocycles. The van der Waals surface area contributed by atoms with Crippen molar-refractivity contribution in [3.63, 3.8) is 0 Å². The number of nitrogens with zero attached hydrogens (tertiary/aromatic N) is 5. The minimum atomic E-state index is -0.397. The summed E-state index contributed by atoms with van der Waals surface area (Å²) in [6.07, 6.45) is 1.48. The number of piperazine rings is 1. The molecule has 1 atom stereocenters. The van der Waals surface area contributed by atoms with E-state index < -0.39 is 5.25 Å². The first kappa shape index (κ1) is 22.5. The molecule has 5 rings (SSSR count). The number of amides is 1. The van der Waals surface area contributed by atoms with Crippen LogP contribution in [0.2, 0.25) is 5.02 Å². The van der Waals surface area contributed by atoms with Crippen LogP contribution in [0, 0.1) is 0 Å². The van der Waals surface area contributed by atoms with Gasteiger partial charge in [0, 0.05) is 36.9 Å². The highest BCUT2D eigenvalue weighted by Crippen LogP contribution is 2.24. The van der Waals surface area contributed by atoms with Crippen LogP contribution in [0.4, 0.5) is 5.69 Å². The number of hydrogen-bond acceptors (Lipinski definition) is 6. The van der Waals surface area contributed by atoms with Crippen molar-refractivity contribution in [2.45, 2.75) is 17.3 Å². The van der Waals surface area contributed by atoms with Gasteiger partial charge in [0.2, 0.25) is 5.91 Å². The van der Waals surface area contributed by atoms with Gasteiger partial charge in [-0.15, -0.1) is 0 Å². The zero-order valence-corrected chi connectivity index (χ0v) is 20.1. The van der Waals surface area contributed by atoms with Gasteiger partial charge in [-0.3, -0.25) is 9.59 Å².